The maximum atomic E-state index is 13.4. The van der Waals surface area contributed by atoms with Crippen LogP contribution in [0.1, 0.15) is 40.6 Å². The number of aromatic hydroxyl groups is 1. The summed E-state index contributed by atoms with van der Waals surface area (Å²) in [4.78, 5) is 26.7. The molecule has 0 spiro atoms. The summed E-state index contributed by atoms with van der Waals surface area (Å²) in [6.07, 6.45) is -3.22. The van der Waals surface area contributed by atoms with E-state index < -0.39 is 28.5 Å². The molecule has 2 N–H and O–H groups in total. The van der Waals surface area contributed by atoms with Crippen molar-refractivity contribution < 1.29 is 28.0 Å². The summed E-state index contributed by atoms with van der Waals surface area (Å²) < 4.78 is 40.8. The van der Waals surface area contributed by atoms with Crippen LogP contribution in [0, 0.1) is 10.1 Å². The van der Waals surface area contributed by atoms with E-state index in [4.69, 9.17) is 0 Å². The van der Waals surface area contributed by atoms with Crippen molar-refractivity contribution in [3.63, 3.8) is 0 Å². The number of benzene rings is 1. The standard InChI is InChI=1S/C17H12F3N5O4/c18-17(19,20)14-6-10(8-1-2-8)21-15-7-12(23-24(14)15)16(27)22-11-5-9(25(28)29)3-4-13(11)26/h3-8,26H,1-2H2,(H,22,27). The summed E-state index contributed by atoms with van der Waals surface area (Å²) in [7, 11) is 0. The van der Waals surface area contributed by atoms with Gasteiger partial charge in [-0.1, -0.05) is 0 Å². The molecule has 0 saturated heterocycles. The molecule has 1 aromatic carbocycles. The quantitative estimate of drug-likeness (QED) is 0.388. The topological polar surface area (TPSA) is 123 Å². The first kappa shape index (κ1) is 18.7. The summed E-state index contributed by atoms with van der Waals surface area (Å²) in [5, 5.41) is 26.5. The largest absolute Gasteiger partial charge is 0.506 e. The number of rotatable bonds is 4. The molecule has 1 fully saturated rings. The molecule has 0 aliphatic heterocycles. The fraction of sp³-hybridized carbons (Fsp3) is 0.235. The number of carbonyl (C=O) groups excluding carboxylic acids is 1. The van der Waals surface area contributed by atoms with Gasteiger partial charge in [-0.05, 0) is 25.0 Å². The molecule has 150 valence electrons. The first-order chi connectivity index (χ1) is 13.6. The molecule has 12 heteroatoms. The van der Waals surface area contributed by atoms with Crippen LogP contribution >= 0.6 is 0 Å². The lowest BCUT2D eigenvalue weighted by molar-refractivity contribution is -0.384. The van der Waals surface area contributed by atoms with Gasteiger partial charge in [-0.25, -0.2) is 9.50 Å². The molecule has 2 aromatic heterocycles. The number of nitro benzene ring substituents is 1. The Morgan fingerprint density at radius 1 is 1.28 bits per heavy atom. The normalized spacial score (nSPS) is 14.2. The third-order valence-corrected chi connectivity index (χ3v) is 4.40. The van der Waals surface area contributed by atoms with E-state index in [2.05, 4.69) is 15.4 Å². The van der Waals surface area contributed by atoms with Gasteiger partial charge in [-0.2, -0.15) is 18.3 Å². The summed E-state index contributed by atoms with van der Waals surface area (Å²) in [6, 6.07) is 4.99. The maximum absolute atomic E-state index is 13.4. The number of aromatic nitrogens is 3. The van der Waals surface area contributed by atoms with E-state index in [1.54, 1.807) is 0 Å². The Hall–Kier alpha value is -3.70. The number of nitrogens with zero attached hydrogens (tertiary/aromatic N) is 4. The number of fused-ring (bicyclic) bond motifs is 1. The third kappa shape index (κ3) is 3.56. The maximum Gasteiger partial charge on any atom is 0.433 e. The molecule has 0 unspecified atom stereocenters. The monoisotopic (exact) mass is 407 g/mol. The minimum atomic E-state index is -4.71. The fourth-order valence-electron chi connectivity index (χ4n) is 2.82. The minimum absolute atomic E-state index is 0.0462. The molecule has 3 aromatic rings. The zero-order valence-electron chi connectivity index (χ0n) is 14.5. The zero-order chi connectivity index (χ0) is 20.9. The van der Waals surface area contributed by atoms with Crippen LogP contribution in [0.25, 0.3) is 5.65 Å². The molecular weight excluding hydrogens is 395 g/mol. The van der Waals surface area contributed by atoms with Crippen LogP contribution in [0.5, 0.6) is 5.75 Å². The van der Waals surface area contributed by atoms with Gasteiger partial charge in [-0.15, -0.1) is 0 Å². The average Bonchev–Trinajstić information content (AvgIpc) is 3.40. The first-order valence-electron chi connectivity index (χ1n) is 8.40. The lowest BCUT2D eigenvalue weighted by Crippen LogP contribution is -2.16. The second-order valence-corrected chi connectivity index (χ2v) is 6.55. The average molecular weight is 407 g/mol. The Kier molecular flexibility index (Phi) is 4.14. The van der Waals surface area contributed by atoms with Crippen molar-refractivity contribution in [3.8, 4) is 5.75 Å². The van der Waals surface area contributed by atoms with E-state index in [0.29, 0.717) is 4.52 Å². The highest BCUT2D eigenvalue weighted by Crippen LogP contribution is 2.41. The lowest BCUT2D eigenvalue weighted by atomic mass is 10.2. The number of alkyl halides is 3. The van der Waals surface area contributed by atoms with Gasteiger partial charge >= 0.3 is 6.18 Å². The molecule has 4 rings (SSSR count). The van der Waals surface area contributed by atoms with Crippen LogP contribution in [0.3, 0.4) is 0 Å². The number of non-ortho nitro benzene ring substituents is 1. The van der Waals surface area contributed by atoms with Crippen molar-refractivity contribution in [3.05, 3.63) is 57.5 Å². The molecular formula is C17H12F3N5O4. The molecule has 1 amide bonds. The number of amides is 1. The highest BCUT2D eigenvalue weighted by Gasteiger charge is 2.37. The smallest absolute Gasteiger partial charge is 0.433 e. The Morgan fingerprint density at radius 2 is 2.00 bits per heavy atom. The van der Waals surface area contributed by atoms with Crippen LogP contribution in [0.4, 0.5) is 24.5 Å². The third-order valence-electron chi connectivity index (χ3n) is 4.40. The van der Waals surface area contributed by atoms with E-state index in [0.717, 1.165) is 43.2 Å². The molecule has 9 nitrogen and oxygen atoms in total. The van der Waals surface area contributed by atoms with Crippen LogP contribution in [0.2, 0.25) is 0 Å². The molecule has 0 atom stereocenters. The number of nitro groups is 1. The Balaban J connectivity index is 1.72. The van der Waals surface area contributed by atoms with Crippen LogP contribution < -0.4 is 5.32 Å². The summed E-state index contributed by atoms with van der Waals surface area (Å²) in [5.74, 6) is -1.44. The molecule has 1 aliphatic carbocycles. The highest BCUT2D eigenvalue weighted by molar-refractivity contribution is 6.04. The van der Waals surface area contributed by atoms with E-state index in [1.165, 1.54) is 0 Å². The van der Waals surface area contributed by atoms with Crippen LogP contribution in [-0.4, -0.2) is 30.5 Å². The number of carbonyl (C=O) groups is 1. The summed E-state index contributed by atoms with van der Waals surface area (Å²) in [6.45, 7) is 0. The number of anilines is 1. The highest BCUT2D eigenvalue weighted by atomic mass is 19.4. The summed E-state index contributed by atoms with van der Waals surface area (Å²) >= 11 is 0. The molecule has 1 aliphatic rings. The van der Waals surface area contributed by atoms with Crippen molar-refractivity contribution in [2.75, 3.05) is 5.32 Å². The minimum Gasteiger partial charge on any atom is -0.506 e. The number of nitrogens with one attached hydrogen (secondary N) is 1. The van der Waals surface area contributed by atoms with Gasteiger partial charge in [-0.3, -0.25) is 14.9 Å². The van der Waals surface area contributed by atoms with Gasteiger partial charge < -0.3 is 10.4 Å². The van der Waals surface area contributed by atoms with Crippen molar-refractivity contribution in [2.24, 2.45) is 0 Å². The number of hydrogen-bond acceptors (Lipinski definition) is 6. The van der Waals surface area contributed by atoms with Gasteiger partial charge in [0.15, 0.2) is 11.3 Å². The van der Waals surface area contributed by atoms with Crippen molar-refractivity contribution >= 4 is 22.9 Å². The predicted molar refractivity (Wildman–Crippen MR) is 92.7 cm³/mol. The van der Waals surface area contributed by atoms with Gasteiger partial charge in [0, 0.05) is 29.8 Å². The first-order valence-corrected chi connectivity index (χ1v) is 8.40. The second kappa shape index (κ2) is 6.43. The zero-order valence-corrected chi connectivity index (χ0v) is 14.5. The predicted octanol–water partition coefficient (Wildman–Crippen LogP) is 3.49. The molecule has 29 heavy (non-hydrogen) atoms. The van der Waals surface area contributed by atoms with E-state index >= 15 is 0 Å². The summed E-state index contributed by atoms with van der Waals surface area (Å²) in [5.41, 5.74) is -1.96. The molecule has 1 saturated carbocycles. The fourth-order valence-corrected chi connectivity index (χ4v) is 2.82. The van der Waals surface area contributed by atoms with Crippen molar-refractivity contribution in [1.29, 1.82) is 0 Å². The molecule has 2 heterocycles. The number of phenols is 1. The van der Waals surface area contributed by atoms with Crippen molar-refractivity contribution in [2.45, 2.75) is 24.9 Å². The van der Waals surface area contributed by atoms with E-state index in [9.17, 15) is 33.2 Å². The number of halogens is 3. The Labute approximate surface area is 159 Å². The van der Waals surface area contributed by atoms with Crippen LogP contribution in [0.15, 0.2) is 30.3 Å². The molecule has 0 radical (unpaired) electrons. The number of phenolic OH excluding ortho intramolecular Hbond substituents is 1. The lowest BCUT2D eigenvalue weighted by Gasteiger charge is -2.10. The number of hydrogen-bond donors (Lipinski definition) is 2. The van der Waals surface area contributed by atoms with Gasteiger partial charge in [0.25, 0.3) is 11.6 Å². The van der Waals surface area contributed by atoms with E-state index in [1.807, 2.05) is 0 Å². The molecule has 0 bridgehead atoms. The SMILES string of the molecule is O=C(Nc1cc([N+](=O)[O-])ccc1O)c1cc2nc(C3CC3)cc(C(F)(F)F)n2n1. The Bertz CT molecular complexity index is 1150. The second-order valence-electron chi connectivity index (χ2n) is 6.55. The Morgan fingerprint density at radius 3 is 2.62 bits per heavy atom. The van der Waals surface area contributed by atoms with Gasteiger partial charge in [0.1, 0.15) is 11.4 Å². The van der Waals surface area contributed by atoms with E-state index in [-0.39, 0.29) is 34.3 Å². The van der Waals surface area contributed by atoms with Gasteiger partial charge in [0.05, 0.1) is 10.6 Å². The van der Waals surface area contributed by atoms with Gasteiger partial charge in [0.2, 0.25) is 0 Å². The van der Waals surface area contributed by atoms with Crippen LogP contribution in [-0.2, 0) is 6.18 Å². The van der Waals surface area contributed by atoms with Crippen molar-refractivity contribution in [1.82, 2.24) is 14.6 Å².